The van der Waals surface area contributed by atoms with E-state index in [0.29, 0.717) is 33.2 Å². The average molecular weight is 488 g/mol. The van der Waals surface area contributed by atoms with E-state index in [1.54, 1.807) is 24.3 Å². The molecule has 33 heavy (non-hydrogen) atoms. The van der Waals surface area contributed by atoms with Gasteiger partial charge in [-0.2, -0.15) is 0 Å². The van der Waals surface area contributed by atoms with Crippen LogP contribution in [0, 0.1) is 18.6 Å². The molecule has 0 aliphatic rings. The molecule has 4 aromatic rings. The summed E-state index contributed by atoms with van der Waals surface area (Å²) in [7, 11) is 0. The third-order valence-corrected chi connectivity index (χ3v) is 5.47. The summed E-state index contributed by atoms with van der Waals surface area (Å²) in [4.78, 5) is 14.8. The molecule has 0 radical (unpaired) electrons. The van der Waals surface area contributed by atoms with E-state index >= 15 is 0 Å². The van der Waals surface area contributed by atoms with Crippen LogP contribution in [0.5, 0.6) is 5.75 Å². The normalized spacial score (nSPS) is 10.9. The van der Waals surface area contributed by atoms with Crippen molar-refractivity contribution in [3.8, 4) is 28.1 Å². The summed E-state index contributed by atoms with van der Waals surface area (Å²) >= 11 is 12.4. The average Bonchev–Trinajstić information content (AvgIpc) is 3.15. The maximum atomic E-state index is 14.1. The summed E-state index contributed by atoms with van der Waals surface area (Å²) in [6.07, 6.45) is 0. The number of halogens is 4. The first-order valence-corrected chi connectivity index (χ1v) is 10.6. The molecule has 0 unspecified atom stereocenters. The lowest BCUT2D eigenvalue weighted by Crippen LogP contribution is -2.01. The number of H-pyrrole nitrogens is 1. The number of nitrogens with one attached hydrogen (secondary N) is 1. The zero-order valence-electron chi connectivity index (χ0n) is 17.3. The first kappa shape index (κ1) is 22.8. The summed E-state index contributed by atoms with van der Waals surface area (Å²) in [5.74, 6) is -2.06. The van der Waals surface area contributed by atoms with Crippen molar-refractivity contribution < 1.29 is 23.4 Å². The second-order valence-corrected chi connectivity index (χ2v) is 8.31. The number of benzene rings is 3. The fraction of sp³-hybridized carbons (Fsp3) is 0.0800. The van der Waals surface area contributed by atoms with Gasteiger partial charge in [0, 0.05) is 38.5 Å². The Balaban J connectivity index is 1.78. The minimum absolute atomic E-state index is 0.0525. The van der Waals surface area contributed by atoms with Gasteiger partial charge < -0.3 is 14.8 Å². The highest BCUT2D eigenvalue weighted by Gasteiger charge is 2.18. The Kier molecular flexibility index (Phi) is 6.40. The highest BCUT2D eigenvalue weighted by Crippen LogP contribution is 2.40. The van der Waals surface area contributed by atoms with Crippen molar-refractivity contribution in [1.29, 1.82) is 0 Å². The quantitative estimate of drug-likeness (QED) is 0.295. The Morgan fingerprint density at radius 3 is 2.48 bits per heavy atom. The van der Waals surface area contributed by atoms with Crippen LogP contribution < -0.4 is 4.74 Å². The van der Waals surface area contributed by atoms with Gasteiger partial charge in [0.25, 0.3) is 0 Å². The zero-order chi connectivity index (χ0) is 23.7. The molecule has 0 fully saturated rings. The van der Waals surface area contributed by atoms with Gasteiger partial charge in [0.2, 0.25) is 0 Å². The maximum Gasteiger partial charge on any atom is 0.335 e. The second kappa shape index (κ2) is 9.25. The molecule has 0 amide bonds. The molecule has 0 spiro atoms. The van der Waals surface area contributed by atoms with Crippen LogP contribution in [0.4, 0.5) is 8.78 Å². The Bertz CT molecular complexity index is 1370. The van der Waals surface area contributed by atoms with Crippen LogP contribution in [0.1, 0.15) is 21.6 Å². The van der Waals surface area contributed by atoms with Crippen molar-refractivity contribution >= 4 is 29.2 Å². The number of carboxylic acid groups (broad SMARTS) is 1. The van der Waals surface area contributed by atoms with Crippen molar-refractivity contribution in [2.24, 2.45) is 0 Å². The number of aromatic carboxylic acids is 1. The number of carbonyl (C=O) groups is 1. The lowest BCUT2D eigenvalue weighted by molar-refractivity contribution is 0.0697. The van der Waals surface area contributed by atoms with Crippen molar-refractivity contribution in [1.82, 2.24) is 4.98 Å². The number of aryl methyl sites for hydroxylation is 1. The Labute approximate surface area is 198 Å². The molecule has 0 aliphatic carbocycles. The van der Waals surface area contributed by atoms with Gasteiger partial charge in [-0.1, -0.05) is 23.2 Å². The van der Waals surface area contributed by atoms with E-state index in [2.05, 4.69) is 4.98 Å². The molecule has 4 nitrogen and oxygen atoms in total. The monoisotopic (exact) mass is 487 g/mol. The Morgan fingerprint density at radius 1 is 0.970 bits per heavy atom. The minimum atomic E-state index is -1.10. The fourth-order valence-corrected chi connectivity index (χ4v) is 3.92. The van der Waals surface area contributed by atoms with E-state index in [9.17, 15) is 18.7 Å². The van der Waals surface area contributed by atoms with E-state index < -0.39 is 17.6 Å². The number of hydrogen-bond acceptors (Lipinski definition) is 2. The third kappa shape index (κ3) is 5.02. The van der Waals surface area contributed by atoms with Gasteiger partial charge in [0.1, 0.15) is 24.0 Å². The van der Waals surface area contributed by atoms with Crippen LogP contribution >= 0.6 is 23.2 Å². The number of ether oxygens (including phenoxy) is 1. The smallest absolute Gasteiger partial charge is 0.335 e. The topological polar surface area (TPSA) is 62.3 Å². The summed E-state index contributed by atoms with van der Waals surface area (Å²) in [5, 5.41) is 10.1. The van der Waals surface area contributed by atoms with Crippen LogP contribution in [-0.4, -0.2) is 16.1 Å². The largest absolute Gasteiger partial charge is 0.488 e. The van der Waals surface area contributed by atoms with Gasteiger partial charge >= 0.3 is 5.97 Å². The molecule has 0 aliphatic heterocycles. The van der Waals surface area contributed by atoms with Gasteiger partial charge in [-0.3, -0.25) is 0 Å². The van der Waals surface area contributed by atoms with Gasteiger partial charge in [-0.25, -0.2) is 13.6 Å². The van der Waals surface area contributed by atoms with Crippen LogP contribution in [0.15, 0.2) is 60.7 Å². The highest BCUT2D eigenvalue weighted by molar-refractivity contribution is 6.31. The first-order valence-electron chi connectivity index (χ1n) is 9.82. The zero-order valence-corrected chi connectivity index (χ0v) is 18.8. The summed E-state index contributed by atoms with van der Waals surface area (Å²) in [6.45, 7) is 1.73. The second-order valence-electron chi connectivity index (χ2n) is 7.44. The lowest BCUT2D eigenvalue weighted by atomic mass is 9.99. The van der Waals surface area contributed by atoms with Crippen molar-refractivity contribution in [2.45, 2.75) is 13.5 Å². The van der Waals surface area contributed by atoms with Gasteiger partial charge in [-0.15, -0.1) is 0 Å². The van der Waals surface area contributed by atoms with E-state index in [-0.39, 0.29) is 22.8 Å². The molecule has 2 N–H and O–H groups in total. The number of aromatic amines is 1. The van der Waals surface area contributed by atoms with Gasteiger partial charge in [0.15, 0.2) is 0 Å². The minimum Gasteiger partial charge on any atom is -0.488 e. The molecule has 1 heterocycles. The molecule has 3 aromatic carbocycles. The fourth-order valence-electron chi connectivity index (χ4n) is 3.52. The van der Waals surface area contributed by atoms with Gasteiger partial charge in [-0.05, 0) is 67.1 Å². The molecular formula is C25H17Cl2F2NO3. The summed E-state index contributed by atoms with van der Waals surface area (Å²) in [5.41, 5.74) is 3.56. The summed E-state index contributed by atoms with van der Waals surface area (Å²) in [6, 6.07) is 14.7. The molecule has 168 valence electrons. The van der Waals surface area contributed by atoms with E-state index in [1.807, 2.05) is 13.0 Å². The molecule has 0 bridgehead atoms. The predicted molar refractivity (Wildman–Crippen MR) is 124 cm³/mol. The van der Waals surface area contributed by atoms with E-state index in [0.717, 1.165) is 17.8 Å². The lowest BCUT2D eigenvalue weighted by Gasteiger charge is -2.14. The Morgan fingerprint density at radius 2 is 1.76 bits per heavy atom. The first-order chi connectivity index (χ1) is 15.7. The number of aromatic nitrogens is 1. The molecule has 8 heteroatoms. The van der Waals surface area contributed by atoms with E-state index in [1.165, 1.54) is 18.2 Å². The predicted octanol–water partition coefficient (Wildman–Crippen LogP) is 7.52. The van der Waals surface area contributed by atoms with Gasteiger partial charge in [0.05, 0.1) is 11.3 Å². The van der Waals surface area contributed by atoms with Crippen LogP contribution in [0.2, 0.25) is 10.0 Å². The van der Waals surface area contributed by atoms with Crippen LogP contribution in [0.3, 0.4) is 0 Å². The molecule has 4 rings (SSSR count). The van der Waals surface area contributed by atoms with Crippen molar-refractivity contribution in [3.63, 3.8) is 0 Å². The molecule has 1 aromatic heterocycles. The molecule has 0 saturated carbocycles. The van der Waals surface area contributed by atoms with Crippen molar-refractivity contribution in [2.75, 3.05) is 0 Å². The Hall–Kier alpha value is -3.35. The standard InChI is InChI=1S/C25H17Cl2F2NO3/c1-13-6-20(15-7-16(25(31)32)9-18(27)8-15)24(30-13)21-10-17(26)3-5-23(21)33-12-14-2-4-19(28)11-22(14)29/h2-11,30H,12H2,1H3,(H,31,32). The summed E-state index contributed by atoms with van der Waals surface area (Å²) < 4.78 is 33.2. The number of hydrogen-bond donors (Lipinski definition) is 2. The maximum absolute atomic E-state index is 14.1. The van der Waals surface area contributed by atoms with Crippen LogP contribution in [0.25, 0.3) is 22.4 Å². The van der Waals surface area contributed by atoms with Crippen LogP contribution in [-0.2, 0) is 6.61 Å². The van der Waals surface area contributed by atoms with E-state index in [4.69, 9.17) is 27.9 Å². The number of carboxylic acids is 1. The molecule has 0 atom stereocenters. The third-order valence-electron chi connectivity index (χ3n) is 5.02. The van der Waals surface area contributed by atoms with Crippen molar-refractivity contribution in [3.05, 3.63) is 99.2 Å². The molecule has 0 saturated heterocycles. The SMILES string of the molecule is Cc1cc(-c2cc(Cl)cc(C(=O)O)c2)c(-c2cc(Cl)ccc2OCc2ccc(F)cc2F)[nH]1. The molecular weight excluding hydrogens is 471 g/mol. The highest BCUT2D eigenvalue weighted by atomic mass is 35.5. The number of rotatable bonds is 6.